The Hall–Kier alpha value is -2.79. The van der Waals surface area contributed by atoms with Crippen LogP contribution in [-0.4, -0.2) is 11.1 Å². The number of benzene rings is 2. The number of fused-ring (bicyclic) bond motifs is 3. The summed E-state index contributed by atoms with van der Waals surface area (Å²) in [7, 11) is 0. The Labute approximate surface area is 135 Å². The summed E-state index contributed by atoms with van der Waals surface area (Å²) in [5, 5.41) is 13.7. The zero-order chi connectivity index (χ0) is 16.0. The first kappa shape index (κ1) is 13.8. The Balaban J connectivity index is 2.02. The van der Waals surface area contributed by atoms with E-state index >= 15 is 0 Å². The van der Waals surface area contributed by atoms with Crippen LogP contribution in [-0.2, 0) is 0 Å². The van der Waals surface area contributed by atoms with Crippen molar-refractivity contribution in [3.05, 3.63) is 75.1 Å². The van der Waals surface area contributed by atoms with Gasteiger partial charge >= 0.3 is 5.63 Å². The number of hydrogen-bond donors (Lipinski definition) is 1. The lowest BCUT2D eigenvalue weighted by Crippen LogP contribution is -2.16. The molecule has 1 aromatic heterocycles. The molecule has 2 heterocycles. The molecule has 0 bridgehead atoms. The zero-order valence-electron chi connectivity index (χ0n) is 11.7. The topological polar surface area (TPSA) is 72.0 Å². The Morgan fingerprint density at radius 3 is 2.57 bits per heavy atom. The van der Waals surface area contributed by atoms with E-state index < -0.39 is 11.5 Å². The molecule has 114 valence electrons. The van der Waals surface area contributed by atoms with Crippen LogP contribution in [0, 0.1) is 0 Å². The number of nitrogens with zero attached hydrogens (tertiary/aromatic N) is 1. The van der Waals surface area contributed by atoms with E-state index in [1.165, 1.54) is 0 Å². The largest absolute Gasteiger partial charge is 0.437 e. The lowest BCUT2D eigenvalue weighted by molar-refractivity contribution is 0.303. The predicted octanol–water partition coefficient (Wildman–Crippen LogP) is 3.76. The SMILES string of the molecule is O=c1oc2ccccc2c2c1C(c1ccc(Cl)cc1)/C(=N\O)O2. The summed E-state index contributed by atoms with van der Waals surface area (Å²) < 4.78 is 11.0. The average Bonchev–Trinajstić information content (AvgIpc) is 2.96. The summed E-state index contributed by atoms with van der Waals surface area (Å²) in [4.78, 5) is 12.4. The summed E-state index contributed by atoms with van der Waals surface area (Å²) in [5.41, 5.74) is 0.949. The molecule has 4 rings (SSSR count). The molecule has 0 aliphatic carbocycles. The van der Waals surface area contributed by atoms with Crippen molar-refractivity contribution in [2.45, 2.75) is 5.92 Å². The molecule has 1 aliphatic rings. The second kappa shape index (κ2) is 5.14. The fourth-order valence-corrected chi connectivity index (χ4v) is 2.95. The van der Waals surface area contributed by atoms with Crippen LogP contribution in [0.2, 0.25) is 5.02 Å². The van der Waals surface area contributed by atoms with Gasteiger partial charge in [-0.2, -0.15) is 0 Å². The maximum Gasteiger partial charge on any atom is 0.344 e. The minimum absolute atomic E-state index is 0.0333. The van der Waals surface area contributed by atoms with Gasteiger partial charge in [0.15, 0.2) is 5.75 Å². The summed E-state index contributed by atoms with van der Waals surface area (Å²) in [6, 6.07) is 14.0. The van der Waals surface area contributed by atoms with Crippen LogP contribution in [0.25, 0.3) is 11.0 Å². The van der Waals surface area contributed by atoms with Crippen molar-refractivity contribution in [1.29, 1.82) is 0 Å². The second-order valence-corrected chi connectivity index (χ2v) is 5.59. The molecule has 23 heavy (non-hydrogen) atoms. The summed E-state index contributed by atoms with van der Waals surface area (Å²) >= 11 is 5.91. The highest BCUT2D eigenvalue weighted by Crippen LogP contribution is 2.41. The molecule has 1 N–H and O–H groups in total. The van der Waals surface area contributed by atoms with E-state index in [0.29, 0.717) is 27.3 Å². The average molecular weight is 328 g/mol. The van der Waals surface area contributed by atoms with E-state index in [9.17, 15) is 10.0 Å². The molecule has 3 aromatic rings. The van der Waals surface area contributed by atoms with Gasteiger partial charge in [0.1, 0.15) is 5.58 Å². The van der Waals surface area contributed by atoms with Crippen LogP contribution >= 0.6 is 11.6 Å². The molecule has 0 saturated carbocycles. The molecule has 0 amide bonds. The molecule has 0 spiro atoms. The van der Waals surface area contributed by atoms with Gasteiger partial charge < -0.3 is 14.4 Å². The monoisotopic (exact) mass is 327 g/mol. The van der Waals surface area contributed by atoms with Crippen LogP contribution in [0.3, 0.4) is 0 Å². The van der Waals surface area contributed by atoms with Crippen molar-refractivity contribution in [3.8, 4) is 5.75 Å². The number of para-hydroxylation sites is 1. The van der Waals surface area contributed by atoms with Crippen molar-refractivity contribution >= 4 is 28.5 Å². The molecule has 6 heteroatoms. The Kier molecular flexibility index (Phi) is 3.09. The summed E-state index contributed by atoms with van der Waals surface area (Å²) in [6.45, 7) is 0. The normalized spacial score (nSPS) is 18.1. The third kappa shape index (κ3) is 2.09. The molecule has 2 aromatic carbocycles. The van der Waals surface area contributed by atoms with Crippen LogP contribution in [0.4, 0.5) is 0 Å². The maximum atomic E-state index is 12.4. The van der Waals surface area contributed by atoms with E-state index in [2.05, 4.69) is 5.16 Å². The van der Waals surface area contributed by atoms with Gasteiger partial charge in [0.05, 0.1) is 16.9 Å². The highest BCUT2D eigenvalue weighted by molar-refractivity contribution is 6.30. The fraction of sp³-hybridized carbons (Fsp3) is 0.0588. The summed E-state index contributed by atoms with van der Waals surface area (Å²) in [6.07, 6.45) is 0. The van der Waals surface area contributed by atoms with Gasteiger partial charge in [0.25, 0.3) is 0 Å². The number of rotatable bonds is 1. The molecular weight excluding hydrogens is 318 g/mol. The fourth-order valence-electron chi connectivity index (χ4n) is 2.82. The summed E-state index contributed by atoms with van der Waals surface area (Å²) in [5.74, 6) is -0.233. The predicted molar refractivity (Wildman–Crippen MR) is 85.6 cm³/mol. The minimum Gasteiger partial charge on any atom is -0.437 e. The van der Waals surface area contributed by atoms with E-state index in [1.807, 2.05) is 6.07 Å². The van der Waals surface area contributed by atoms with Crippen LogP contribution in [0.15, 0.2) is 62.9 Å². The molecule has 0 fully saturated rings. The quantitative estimate of drug-likeness (QED) is 0.419. The lowest BCUT2D eigenvalue weighted by Gasteiger charge is -2.08. The highest BCUT2D eigenvalue weighted by Gasteiger charge is 2.38. The third-order valence-electron chi connectivity index (χ3n) is 3.84. The molecule has 0 saturated heterocycles. The number of hydrogen-bond acceptors (Lipinski definition) is 5. The van der Waals surface area contributed by atoms with Gasteiger partial charge in [-0.1, -0.05) is 41.0 Å². The highest BCUT2D eigenvalue weighted by atomic mass is 35.5. The smallest absolute Gasteiger partial charge is 0.344 e. The number of ether oxygens (including phenoxy) is 1. The van der Waals surface area contributed by atoms with Gasteiger partial charge in [-0.25, -0.2) is 4.79 Å². The zero-order valence-corrected chi connectivity index (χ0v) is 12.4. The van der Waals surface area contributed by atoms with E-state index in [0.717, 1.165) is 5.56 Å². The standard InChI is InChI=1S/C17H10ClNO4/c18-10-7-5-9(6-8-10)13-14-15(23-16(13)19-21)11-3-1-2-4-12(11)22-17(14)20/h1-8,13,21H/b19-16+. The van der Waals surface area contributed by atoms with Crippen molar-refractivity contribution < 1.29 is 14.4 Å². The van der Waals surface area contributed by atoms with Gasteiger partial charge in [-0.05, 0) is 29.8 Å². The van der Waals surface area contributed by atoms with Crippen LogP contribution in [0.5, 0.6) is 5.75 Å². The first-order valence-corrected chi connectivity index (χ1v) is 7.28. The van der Waals surface area contributed by atoms with Crippen LogP contribution in [0.1, 0.15) is 17.0 Å². The second-order valence-electron chi connectivity index (χ2n) is 5.15. The molecule has 0 radical (unpaired) electrons. The minimum atomic E-state index is -0.631. The Morgan fingerprint density at radius 1 is 1.09 bits per heavy atom. The van der Waals surface area contributed by atoms with Crippen molar-refractivity contribution in [2.24, 2.45) is 5.16 Å². The van der Waals surface area contributed by atoms with E-state index in [-0.39, 0.29) is 5.90 Å². The Morgan fingerprint density at radius 2 is 1.83 bits per heavy atom. The van der Waals surface area contributed by atoms with Gasteiger partial charge in [0.2, 0.25) is 5.90 Å². The van der Waals surface area contributed by atoms with Crippen molar-refractivity contribution in [3.63, 3.8) is 0 Å². The van der Waals surface area contributed by atoms with E-state index in [4.69, 9.17) is 20.8 Å². The first-order valence-electron chi connectivity index (χ1n) is 6.90. The van der Waals surface area contributed by atoms with Gasteiger partial charge in [-0.15, -0.1) is 0 Å². The van der Waals surface area contributed by atoms with Gasteiger partial charge in [0, 0.05) is 5.02 Å². The van der Waals surface area contributed by atoms with E-state index in [1.54, 1.807) is 42.5 Å². The number of halogens is 1. The van der Waals surface area contributed by atoms with Crippen LogP contribution < -0.4 is 10.4 Å². The number of oxime groups is 1. The molecular formula is C17H10ClNO4. The first-order chi connectivity index (χ1) is 11.2. The molecule has 1 unspecified atom stereocenters. The lowest BCUT2D eigenvalue weighted by atomic mass is 9.93. The Bertz CT molecular complexity index is 992. The van der Waals surface area contributed by atoms with Crippen molar-refractivity contribution in [1.82, 2.24) is 0 Å². The maximum absolute atomic E-state index is 12.4. The van der Waals surface area contributed by atoms with Gasteiger partial charge in [-0.3, -0.25) is 0 Å². The molecule has 5 nitrogen and oxygen atoms in total. The van der Waals surface area contributed by atoms with Crippen molar-refractivity contribution in [2.75, 3.05) is 0 Å². The molecule has 1 aliphatic heterocycles. The molecule has 1 atom stereocenters. The third-order valence-corrected chi connectivity index (χ3v) is 4.10.